The van der Waals surface area contributed by atoms with Crippen LogP contribution in [0, 0.1) is 0 Å². The summed E-state index contributed by atoms with van der Waals surface area (Å²) in [5.74, 6) is 1.28. The second-order valence-electron chi connectivity index (χ2n) is 3.81. The van der Waals surface area contributed by atoms with Gasteiger partial charge in [-0.15, -0.1) is 6.58 Å². The zero-order valence-electron chi connectivity index (χ0n) is 10.1. The van der Waals surface area contributed by atoms with Gasteiger partial charge in [-0.3, -0.25) is 4.79 Å². The normalized spacial score (nSPS) is 13.6. The molecule has 0 spiro atoms. The van der Waals surface area contributed by atoms with Gasteiger partial charge in [0, 0.05) is 12.6 Å². The van der Waals surface area contributed by atoms with E-state index in [0.29, 0.717) is 30.3 Å². The number of anilines is 1. The first-order valence-corrected chi connectivity index (χ1v) is 5.68. The Morgan fingerprint density at radius 3 is 2.94 bits per heavy atom. The van der Waals surface area contributed by atoms with Crippen LogP contribution in [0.5, 0.6) is 11.5 Å². The van der Waals surface area contributed by atoms with Crippen molar-refractivity contribution in [3.05, 3.63) is 43.5 Å². The number of benzene rings is 1. The zero-order valence-corrected chi connectivity index (χ0v) is 10.1. The van der Waals surface area contributed by atoms with Gasteiger partial charge < -0.3 is 14.4 Å². The molecule has 4 nitrogen and oxygen atoms in total. The average Bonchev–Trinajstić information content (AvgIpc) is 2.39. The maximum absolute atomic E-state index is 11.8. The van der Waals surface area contributed by atoms with Crippen molar-refractivity contribution in [3.8, 4) is 11.5 Å². The molecule has 0 unspecified atom stereocenters. The van der Waals surface area contributed by atoms with E-state index in [2.05, 4.69) is 13.2 Å². The van der Waals surface area contributed by atoms with E-state index < -0.39 is 0 Å². The van der Waals surface area contributed by atoms with Gasteiger partial charge in [0.2, 0.25) is 0 Å². The van der Waals surface area contributed by atoms with Gasteiger partial charge in [-0.2, -0.15) is 0 Å². The first kappa shape index (κ1) is 12.2. The first-order valence-electron chi connectivity index (χ1n) is 5.68. The number of fused-ring (bicyclic) bond motifs is 1. The van der Waals surface area contributed by atoms with Crippen molar-refractivity contribution in [3.63, 3.8) is 0 Å². The van der Waals surface area contributed by atoms with Gasteiger partial charge in [-0.25, -0.2) is 0 Å². The van der Waals surface area contributed by atoms with Crippen LogP contribution in [0.3, 0.4) is 0 Å². The third-order valence-electron chi connectivity index (χ3n) is 2.55. The maximum Gasteiger partial charge on any atom is 0.265 e. The Hall–Kier alpha value is -2.23. The number of hydrogen-bond donors (Lipinski definition) is 0. The van der Waals surface area contributed by atoms with Gasteiger partial charge in [0.25, 0.3) is 5.91 Å². The van der Waals surface area contributed by atoms with Gasteiger partial charge in [0.1, 0.15) is 18.1 Å². The molecular weight excluding hydrogens is 230 g/mol. The van der Waals surface area contributed by atoms with Crippen LogP contribution in [0.2, 0.25) is 0 Å². The van der Waals surface area contributed by atoms with Crippen LogP contribution in [-0.4, -0.2) is 25.7 Å². The van der Waals surface area contributed by atoms with Crippen LogP contribution in [0.25, 0.3) is 0 Å². The Morgan fingerprint density at radius 2 is 2.22 bits per heavy atom. The van der Waals surface area contributed by atoms with Crippen LogP contribution in [0.4, 0.5) is 5.69 Å². The smallest absolute Gasteiger partial charge is 0.265 e. The third kappa shape index (κ3) is 2.37. The SMILES string of the molecule is C=CCOc1ccc2c(c1)N(CC=C)C(=O)CO2. The van der Waals surface area contributed by atoms with Crippen molar-refractivity contribution in [2.24, 2.45) is 0 Å². The Bertz CT molecular complexity index is 482. The van der Waals surface area contributed by atoms with Gasteiger partial charge in [-0.05, 0) is 12.1 Å². The van der Waals surface area contributed by atoms with Gasteiger partial charge in [0.15, 0.2) is 6.61 Å². The minimum Gasteiger partial charge on any atom is -0.489 e. The summed E-state index contributed by atoms with van der Waals surface area (Å²) in [5, 5.41) is 0. The zero-order chi connectivity index (χ0) is 13.0. The van der Waals surface area contributed by atoms with Crippen LogP contribution >= 0.6 is 0 Å². The fourth-order valence-corrected chi connectivity index (χ4v) is 1.76. The number of rotatable bonds is 5. The fourth-order valence-electron chi connectivity index (χ4n) is 1.76. The lowest BCUT2D eigenvalue weighted by atomic mass is 10.2. The highest BCUT2D eigenvalue weighted by Gasteiger charge is 2.24. The molecule has 0 aromatic heterocycles. The molecule has 1 aliphatic rings. The highest BCUT2D eigenvalue weighted by molar-refractivity contribution is 5.98. The summed E-state index contributed by atoms with van der Waals surface area (Å²) in [4.78, 5) is 13.4. The van der Waals surface area contributed by atoms with Gasteiger partial charge in [0.05, 0.1) is 5.69 Å². The summed E-state index contributed by atoms with van der Waals surface area (Å²) in [5.41, 5.74) is 0.715. The standard InChI is InChI=1S/C14H15NO3/c1-3-7-15-12-9-11(17-8-4-2)5-6-13(12)18-10-14(15)16/h3-6,9H,1-2,7-8,10H2. The number of ether oxygens (including phenoxy) is 2. The molecule has 1 aliphatic heterocycles. The van der Waals surface area contributed by atoms with Gasteiger partial charge in [-0.1, -0.05) is 18.7 Å². The maximum atomic E-state index is 11.8. The predicted molar refractivity (Wildman–Crippen MR) is 70.2 cm³/mol. The van der Waals surface area contributed by atoms with Gasteiger partial charge >= 0.3 is 0 Å². The Balaban J connectivity index is 2.31. The number of amides is 1. The molecule has 1 aromatic rings. The van der Waals surface area contributed by atoms with Crippen LogP contribution in [0.1, 0.15) is 0 Å². The lowest BCUT2D eigenvalue weighted by Gasteiger charge is -2.28. The molecule has 0 saturated heterocycles. The minimum atomic E-state index is -0.0803. The van der Waals surface area contributed by atoms with E-state index in [1.54, 1.807) is 29.2 Å². The van der Waals surface area contributed by atoms with E-state index in [1.807, 2.05) is 6.07 Å². The Kier molecular flexibility index (Phi) is 3.67. The molecule has 0 fully saturated rings. The molecule has 0 N–H and O–H groups in total. The molecule has 1 heterocycles. The topological polar surface area (TPSA) is 38.8 Å². The molecule has 18 heavy (non-hydrogen) atoms. The Labute approximate surface area is 106 Å². The summed E-state index contributed by atoms with van der Waals surface area (Å²) >= 11 is 0. The molecule has 0 radical (unpaired) electrons. The monoisotopic (exact) mass is 245 g/mol. The number of nitrogens with zero attached hydrogens (tertiary/aromatic N) is 1. The van der Waals surface area contributed by atoms with E-state index >= 15 is 0 Å². The van der Waals surface area contributed by atoms with Crippen LogP contribution < -0.4 is 14.4 Å². The van der Waals surface area contributed by atoms with E-state index in [4.69, 9.17) is 9.47 Å². The predicted octanol–water partition coefficient (Wildman–Crippen LogP) is 2.16. The molecule has 1 aromatic carbocycles. The highest BCUT2D eigenvalue weighted by Crippen LogP contribution is 2.35. The van der Waals surface area contributed by atoms with Crippen molar-refractivity contribution in [2.75, 3.05) is 24.7 Å². The van der Waals surface area contributed by atoms with Crippen LogP contribution in [0.15, 0.2) is 43.5 Å². The summed E-state index contributed by atoms with van der Waals surface area (Å²) in [6.07, 6.45) is 3.35. The minimum absolute atomic E-state index is 0.0632. The molecule has 0 bridgehead atoms. The average molecular weight is 245 g/mol. The summed E-state index contributed by atoms with van der Waals surface area (Å²) < 4.78 is 10.8. The van der Waals surface area contributed by atoms with E-state index in [0.717, 1.165) is 0 Å². The van der Waals surface area contributed by atoms with Crippen molar-refractivity contribution in [1.29, 1.82) is 0 Å². The quantitative estimate of drug-likeness (QED) is 0.746. The summed E-state index contributed by atoms with van der Waals surface area (Å²) in [6, 6.07) is 5.40. The Morgan fingerprint density at radius 1 is 1.39 bits per heavy atom. The number of carbonyl (C=O) groups is 1. The largest absolute Gasteiger partial charge is 0.489 e. The van der Waals surface area contributed by atoms with E-state index in [1.165, 1.54) is 0 Å². The molecule has 4 heteroatoms. The van der Waals surface area contributed by atoms with Crippen molar-refractivity contribution in [2.45, 2.75) is 0 Å². The van der Waals surface area contributed by atoms with Crippen molar-refractivity contribution in [1.82, 2.24) is 0 Å². The molecule has 1 amide bonds. The van der Waals surface area contributed by atoms with Crippen molar-refractivity contribution >= 4 is 11.6 Å². The lowest BCUT2D eigenvalue weighted by molar-refractivity contribution is -0.121. The third-order valence-corrected chi connectivity index (χ3v) is 2.55. The molecular formula is C14H15NO3. The van der Waals surface area contributed by atoms with E-state index in [-0.39, 0.29) is 12.5 Å². The molecule has 2 rings (SSSR count). The van der Waals surface area contributed by atoms with Crippen molar-refractivity contribution < 1.29 is 14.3 Å². The second-order valence-corrected chi connectivity index (χ2v) is 3.81. The summed E-state index contributed by atoms with van der Waals surface area (Å²) in [6.45, 7) is 8.19. The molecule has 94 valence electrons. The number of hydrogen-bond acceptors (Lipinski definition) is 3. The number of carbonyl (C=O) groups excluding carboxylic acids is 1. The molecule has 0 saturated carbocycles. The molecule has 0 atom stereocenters. The summed E-state index contributed by atoms with van der Waals surface area (Å²) in [7, 11) is 0. The van der Waals surface area contributed by atoms with E-state index in [9.17, 15) is 4.79 Å². The van der Waals surface area contributed by atoms with Crippen LogP contribution in [-0.2, 0) is 4.79 Å². The first-order chi connectivity index (χ1) is 8.76. The fraction of sp³-hybridized carbons (Fsp3) is 0.214. The molecule has 0 aliphatic carbocycles. The lowest BCUT2D eigenvalue weighted by Crippen LogP contribution is -2.38. The second kappa shape index (κ2) is 5.40. The highest BCUT2D eigenvalue weighted by atomic mass is 16.5.